The fraction of sp³-hybridized carbons (Fsp3) is 0. The number of aromatic nitrogens is 3. The van der Waals surface area contributed by atoms with Crippen LogP contribution in [-0.4, -0.2) is 13.7 Å². The van der Waals surface area contributed by atoms with Crippen molar-refractivity contribution in [2.24, 2.45) is 0 Å². The molecule has 238 valence electrons. The molecule has 0 radical (unpaired) electrons. The molecule has 0 N–H and O–H groups in total. The van der Waals surface area contributed by atoms with E-state index in [1.807, 2.05) is 78.9 Å². The largest absolute Gasteiger partial charge is 0.309 e. The lowest BCUT2D eigenvalue weighted by molar-refractivity contribution is 1.17. The van der Waals surface area contributed by atoms with Crippen LogP contribution >= 0.6 is 0 Å². The Morgan fingerprint density at radius 2 is 0.941 bits per heavy atom. The van der Waals surface area contributed by atoms with Crippen molar-refractivity contribution >= 4 is 65.4 Å². The Hall–Kier alpha value is -6.84. The third kappa shape index (κ3) is 4.00. The summed E-state index contributed by atoms with van der Waals surface area (Å²) in [5, 5.41) is 2.54. The molecule has 0 aliphatic heterocycles. The molecule has 0 bridgehead atoms. The maximum atomic E-state index is 9.98. The monoisotopic (exact) mass is 665 g/mol. The molecule has 3 nitrogen and oxygen atoms in total. The number of rotatable bonds is 4. The number of benzene rings is 8. The summed E-state index contributed by atoms with van der Waals surface area (Å²) < 4.78 is 150. The molecule has 3 aromatic heterocycles. The Kier molecular flexibility index (Phi) is 3.55. The number of para-hydroxylation sites is 6. The standard InChI is InChI=1S/C48H31N3/c1-3-15-33(16-4-1)49-41-24-12-8-20-36(41)39-31-32(27-28-44(39)49)35-19-7-11-23-40(35)51-43-26-14-10-22-38(43)48-46(51)30-29-45-47(48)37-21-9-13-25-42(37)50(45)34-17-5-2-6-18-34/h1-31H/i1D,3D,4D,7D,8D,11D,12D,15D,16D,19D,20D,23D,24D,27D,28D,31D. The molecule has 11 aromatic rings. The first-order valence-corrected chi connectivity index (χ1v) is 16.2. The van der Waals surface area contributed by atoms with Gasteiger partial charge in [0, 0.05) is 49.3 Å². The minimum atomic E-state index is -0.773. The summed E-state index contributed by atoms with van der Waals surface area (Å²) in [6.07, 6.45) is 0. The first-order chi connectivity index (χ1) is 32.0. The fourth-order valence-electron chi connectivity index (χ4n) is 7.49. The quantitative estimate of drug-likeness (QED) is 0.178. The van der Waals surface area contributed by atoms with Crippen molar-refractivity contribution in [3.05, 3.63) is 188 Å². The molecule has 0 spiro atoms. The topological polar surface area (TPSA) is 14.8 Å². The highest BCUT2D eigenvalue weighted by atomic mass is 15.0. The average molecular weight is 666 g/mol. The van der Waals surface area contributed by atoms with E-state index in [0.29, 0.717) is 11.0 Å². The molecule has 0 saturated heterocycles. The van der Waals surface area contributed by atoms with Crippen LogP contribution in [0.3, 0.4) is 0 Å². The van der Waals surface area contributed by atoms with Gasteiger partial charge in [-0.25, -0.2) is 0 Å². The van der Waals surface area contributed by atoms with E-state index in [-0.39, 0.29) is 22.0 Å². The lowest BCUT2D eigenvalue weighted by Crippen LogP contribution is -1.97. The molecule has 0 saturated carbocycles. The summed E-state index contributed by atoms with van der Waals surface area (Å²) in [5.74, 6) is 0. The van der Waals surface area contributed by atoms with Gasteiger partial charge >= 0.3 is 0 Å². The van der Waals surface area contributed by atoms with Gasteiger partial charge in [0.05, 0.1) is 60.7 Å². The number of hydrogen-bond donors (Lipinski definition) is 0. The molecule has 11 rings (SSSR count). The van der Waals surface area contributed by atoms with Crippen LogP contribution in [0.5, 0.6) is 0 Å². The fourth-order valence-corrected chi connectivity index (χ4v) is 7.49. The molecule has 3 heterocycles. The zero-order valence-corrected chi connectivity index (χ0v) is 26.5. The first-order valence-electron chi connectivity index (χ1n) is 24.2. The van der Waals surface area contributed by atoms with Crippen LogP contribution in [0.25, 0.3) is 93.6 Å². The van der Waals surface area contributed by atoms with E-state index >= 15 is 0 Å². The second kappa shape index (κ2) is 10.8. The predicted molar refractivity (Wildman–Crippen MR) is 215 cm³/mol. The van der Waals surface area contributed by atoms with Gasteiger partial charge in [-0.2, -0.15) is 0 Å². The van der Waals surface area contributed by atoms with E-state index in [0.717, 1.165) is 42.8 Å². The maximum Gasteiger partial charge on any atom is 0.0645 e. The number of fused-ring (bicyclic) bond motifs is 10. The molecule has 3 heteroatoms. The van der Waals surface area contributed by atoms with E-state index < -0.39 is 119 Å². The zero-order chi connectivity index (χ0) is 47.4. The van der Waals surface area contributed by atoms with Crippen LogP contribution in [0.2, 0.25) is 0 Å². The smallest absolute Gasteiger partial charge is 0.0645 e. The van der Waals surface area contributed by atoms with Gasteiger partial charge in [0.25, 0.3) is 0 Å². The van der Waals surface area contributed by atoms with Crippen LogP contribution < -0.4 is 0 Å². The average Bonchev–Trinajstić information content (AvgIpc) is 3.98. The van der Waals surface area contributed by atoms with Gasteiger partial charge in [-0.3, -0.25) is 0 Å². The van der Waals surface area contributed by atoms with E-state index in [9.17, 15) is 6.85 Å². The molecule has 0 aliphatic rings. The lowest BCUT2D eigenvalue weighted by atomic mass is 10.0. The highest BCUT2D eigenvalue weighted by molar-refractivity contribution is 6.29. The predicted octanol–water partition coefficient (Wildman–Crippen LogP) is 12.6. The minimum absolute atomic E-state index is 0.152. The van der Waals surface area contributed by atoms with Crippen molar-refractivity contribution in [3.63, 3.8) is 0 Å². The highest BCUT2D eigenvalue weighted by Gasteiger charge is 2.22. The Balaban J connectivity index is 1.33. The molecule has 51 heavy (non-hydrogen) atoms. The summed E-state index contributed by atoms with van der Waals surface area (Å²) in [4.78, 5) is 0. The first kappa shape index (κ1) is 16.7. The third-order valence-electron chi connectivity index (χ3n) is 9.50. The second-order valence-electron chi connectivity index (χ2n) is 12.1. The van der Waals surface area contributed by atoms with E-state index in [1.165, 1.54) is 0 Å². The second-order valence-corrected chi connectivity index (χ2v) is 12.1. The minimum Gasteiger partial charge on any atom is -0.309 e. The Morgan fingerprint density at radius 3 is 1.73 bits per heavy atom. The Morgan fingerprint density at radius 1 is 0.353 bits per heavy atom. The van der Waals surface area contributed by atoms with Crippen LogP contribution in [0.15, 0.2) is 188 Å². The van der Waals surface area contributed by atoms with Gasteiger partial charge < -0.3 is 13.7 Å². The lowest BCUT2D eigenvalue weighted by Gasteiger charge is -2.15. The Bertz CT molecular complexity index is 4030. The number of hydrogen-bond acceptors (Lipinski definition) is 0. The summed E-state index contributed by atoms with van der Waals surface area (Å²) >= 11 is 0. The summed E-state index contributed by atoms with van der Waals surface area (Å²) in [5.41, 5.74) is 1.36. The van der Waals surface area contributed by atoms with Crippen molar-refractivity contribution < 1.29 is 21.9 Å². The SMILES string of the molecule is [2H]c1c([2H])c([2H])c(-n2c3c([2H])c([2H])c([2H])c([2H])c3c3c([2H])c(-c4c([2H])c([2H])c([2H])c([2H])c4-n4c5ccccc5c5c6c7ccccc7n(-c7ccccc7)c6ccc54)c([2H])c([2H])c32)c([2H])c1[2H]. The van der Waals surface area contributed by atoms with Crippen molar-refractivity contribution in [2.75, 3.05) is 0 Å². The van der Waals surface area contributed by atoms with E-state index in [2.05, 4.69) is 4.57 Å². The zero-order valence-electron chi connectivity index (χ0n) is 42.5. The Labute approximate surface area is 316 Å². The van der Waals surface area contributed by atoms with Gasteiger partial charge in [0.2, 0.25) is 0 Å². The van der Waals surface area contributed by atoms with Gasteiger partial charge in [0.15, 0.2) is 0 Å². The molecule has 0 fully saturated rings. The van der Waals surface area contributed by atoms with Crippen LogP contribution in [0.4, 0.5) is 0 Å². The van der Waals surface area contributed by atoms with E-state index in [1.54, 1.807) is 16.7 Å². The number of nitrogens with zero attached hydrogens (tertiary/aromatic N) is 3. The molecular weight excluding hydrogens is 619 g/mol. The van der Waals surface area contributed by atoms with Crippen molar-refractivity contribution in [3.8, 4) is 28.2 Å². The molecule has 0 atom stereocenters. The van der Waals surface area contributed by atoms with Crippen molar-refractivity contribution in [1.29, 1.82) is 0 Å². The third-order valence-corrected chi connectivity index (χ3v) is 9.50. The summed E-state index contributed by atoms with van der Waals surface area (Å²) in [7, 11) is 0. The van der Waals surface area contributed by atoms with Gasteiger partial charge in [-0.05, 0) is 78.2 Å². The van der Waals surface area contributed by atoms with Crippen LogP contribution in [0.1, 0.15) is 21.9 Å². The molecule has 8 aromatic carbocycles. The van der Waals surface area contributed by atoms with Gasteiger partial charge in [0.1, 0.15) is 0 Å². The molecule has 0 aliphatic carbocycles. The molecule has 0 amide bonds. The van der Waals surface area contributed by atoms with Gasteiger partial charge in [-0.15, -0.1) is 0 Å². The molecular formula is C48H31N3. The van der Waals surface area contributed by atoms with Gasteiger partial charge in [-0.1, -0.05) is 115 Å². The summed E-state index contributed by atoms with van der Waals surface area (Å²) in [6, 6.07) is 17.6. The molecule has 0 unspecified atom stereocenters. The normalized spacial score (nSPS) is 16.3. The van der Waals surface area contributed by atoms with Crippen molar-refractivity contribution in [2.45, 2.75) is 0 Å². The van der Waals surface area contributed by atoms with Crippen molar-refractivity contribution in [1.82, 2.24) is 13.7 Å². The van der Waals surface area contributed by atoms with Crippen LogP contribution in [-0.2, 0) is 0 Å². The highest BCUT2D eigenvalue weighted by Crippen LogP contribution is 2.44. The van der Waals surface area contributed by atoms with Crippen LogP contribution in [0, 0.1) is 0 Å². The summed E-state index contributed by atoms with van der Waals surface area (Å²) in [6.45, 7) is 0. The maximum absolute atomic E-state index is 9.98. The van der Waals surface area contributed by atoms with E-state index in [4.69, 9.17) is 15.1 Å².